The second kappa shape index (κ2) is 12.1. The van der Waals surface area contributed by atoms with Crippen molar-refractivity contribution >= 4 is 29.2 Å². The minimum Gasteiger partial charge on any atom is -0.484 e. The van der Waals surface area contributed by atoms with Crippen molar-refractivity contribution in [2.24, 2.45) is 0 Å². The predicted molar refractivity (Wildman–Crippen MR) is 131 cm³/mol. The Balaban J connectivity index is 1.47. The van der Waals surface area contributed by atoms with E-state index in [0.717, 1.165) is 29.7 Å². The average molecular weight is 515 g/mol. The molecule has 194 valence electrons. The Kier molecular flexibility index (Phi) is 8.89. The van der Waals surface area contributed by atoms with Crippen LogP contribution in [0.5, 0.6) is 5.75 Å². The molecule has 0 saturated carbocycles. The maximum Gasteiger partial charge on any atom is 0.416 e. The molecule has 0 fully saturated rings. The molecule has 0 heterocycles. The number of hydrogen-bond donors (Lipinski definition) is 2. The van der Waals surface area contributed by atoms with Gasteiger partial charge in [-0.3, -0.25) is 9.59 Å². The van der Waals surface area contributed by atoms with Crippen molar-refractivity contribution in [2.45, 2.75) is 26.4 Å². The molecule has 0 atom stereocenters. The third kappa shape index (κ3) is 7.83. The molecule has 37 heavy (non-hydrogen) atoms. The van der Waals surface area contributed by atoms with Gasteiger partial charge in [0.1, 0.15) is 5.75 Å². The molecule has 0 radical (unpaired) electrons. The van der Waals surface area contributed by atoms with E-state index < -0.39 is 42.7 Å². The number of esters is 1. The van der Waals surface area contributed by atoms with E-state index in [1.165, 1.54) is 36.4 Å². The summed E-state index contributed by atoms with van der Waals surface area (Å²) < 4.78 is 48.8. The zero-order valence-electron chi connectivity index (χ0n) is 20.1. The van der Waals surface area contributed by atoms with Crippen LogP contribution in [0.2, 0.25) is 0 Å². The minimum absolute atomic E-state index is 0.0149. The van der Waals surface area contributed by atoms with Crippen molar-refractivity contribution in [1.29, 1.82) is 0 Å². The fraction of sp³-hybridized carbons (Fsp3) is 0.222. The summed E-state index contributed by atoms with van der Waals surface area (Å²) >= 11 is 0. The Labute approximate surface area is 211 Å². The first-order valence-electron chi connectivity index (χ1n) is 11.3. The molecule has 0 aliphatic rings. The first kappa shape index (κ1) is 27.3. The summed E-state index contributed by atoms with van der Waals surface area (Å²) in [5.74, 6) is -1.59. The number of ether oxygens (including phenoxy) is 2. The van der Waals surface area contributed by atoms with Crippen LogP contribution in [0.4, 0.5) is 24.5 Å². The lowest BCUT2D eigenvalue weighted by Crippen LogP contribution is -2.22. The predicted octanol–water partition coefficient (Wildman–Crippen LogP) is 5.39. The lowest BCUT2D eigenvalue weighted by molar-refractivity contribution is -0.137. The van der Waals surface area contributed by atoms with Crippen molar-refractivity contribution in [3.8, 4) is 5.75 Å². The fourth-order valence-electron chi connectivity index (χ4n) is 3.40. The Morgan fingerprint density at radius 3 is 2.22 bits per heavy atom. The number of aryl methyl sites for hydroxylation is 2. The van der Waals surface area contributed by atoms with Crippen LogP contribution in [0.25, 0.3) is 0 Å². The first-order valence-corrected chi connectivity index (χ1v) is 11.3. The van der Waals surface area contributed by atoms with Crippen LogP contribution in [0, 0.1) is 6.92 Å². The number of carbonyl (C=O) groups is 3. The average Bonchev–Trinajstić information content (AvgIpc) is 2.87. The summed E-state index contributed by atoms with van der Waals surface area (Å²) in [5, 5.41) is 5.10. The van der Waals surface area contributed by atoms with Crippen LogP contribution in [-0.4, -0.2) is 31.0 Å². The highest BCUT2D eigenvalue weighted by atomic mass is 19.4. The van der Waals surface area contributed by atoms with Crippen LogP contribution in [-0.2, 0) is 26.9 Å². The summed E-state index contributed by atoms with van der Waals surface area (Å²) in [6.07, 6.45) is -3.79. The fourth-order valence-corrected chi connectivity index (χ4v) is 3.40. The third-order valence-corrected chi connectivity index (χ3v) is 5.27. The van der Waals surface area contributed by atoms with Gasteiger partial charge in [0.15, 0.2) is 13.2 Å². The first-order chi connectivity index (χ1) is 17.6. The number of amides is 2. The second-order valence-corrected chi connectivity index (χ2v) is 8.03. The van der Waals surface area contributed by atoms with Crippen LogP contribution in [0.15, 0.2) is 66.7 Å². The van der Waals surface area contributed by atoms with E-state index in [4.69, 9.17) is 9.47 Å². The molecular formula is C27H25F3N2O5. The van der Waals surface area contributed by atoms with E-state index >= 15 is 0 Å². The van der Waals surface area contributed by atoms with Crippen LogP contribution < -0.4 is 15.4 Å². The van der Waals surface area contributed by atoms with Gasteiger partial charge in [0, 0.05) is 11.4 Å². The topological polar surface area (TPSA) is 93.7 Å². The molecule has 2 N–H and O–H groups in total. The lowest BCUT2D eigenvalue weighted by atomic mass is 10.1. The van der Waals surface area contributed by atoms with Gasteiger partial charge in [0.25, 0.3) is 11.8 Å². The Morgan fingerprint density at radius 1 is 0.865 bits per heavy atom. The van der Waals surface area contributed by atoms with Crippen molar-refractivity contribution < 1.29 is 37.0 Å². The quantitative estimate of drug-likeness (QED) is 0.374. The molecule has 0 bridgehead atoms. The number of para-hydroxylation sites is 1. The van der Waals surface area contributed by atoms with Gasteiger partial charge in [-0.1, -0.05) is 31.2 Å². The minimum atomic E-state index is -4.52. The van der Waals surface area contributed by atoms with Crippen molar-refractivity contribution in [2.75, 3.05) is 23.8 Å². The second-order valence-electron chi connectivity index (χ2n) is 8.03. The molecule has 0 unspecified atom stereocenters. The van der Waals surface area contributed by atoms with Crippen LogP contribution >= 0.6 is 0 Å². The molecular weight excluding hydrogens is 489 g/mol. The van der Waals surface area contributed by atoms with Crippen LogP contribution in [0.3, 0.4) is 0 Å². The third-order valence-electron chi connectivity index (χ3n) is 5.27. The Bertz CT molecular complexity index is 1270. The zero-order valence-corrected chi connectivity index (χ0v) is 20.1. The van der Waals surface area contributed by atoms with E-state index in [0.29, 0.717) is 5.69 Å². The lowest BCUT2D eigenvalue weighted by Gasteiger charge is -2.13. The normalized spacial score (nSPS) is 10.9. The number of carbonyl (C=O) groups excluding carboxylic acids is 3. The van der Waals surface area contributed by atoms with Gasteiger partial charge >= 0.3 is 12.1 Å². The number of rotatable bonds is 9. The summed E-state index contributed by atoms with van der Waals surface area (Å²) in [4.78, 5) is 36.6. The molecule has 0 spiro atoms. The number of benzene rings is 3. The summed E-state index contributed by atoms with van der Waals surface area (Å²) in [6, 6.07) is 15.6. The number of hydrogen-bond acceptors (Lipinski definition) is 5. The highest BCUT2D eigenvalue weighted by molar-refractivity contribution is 5.96. The molecule has 10 heteroatoms. The maximum atomic E-state index is 12.8. The molecule has 7 nitrogen and oxygen atoms in total. The summed E-state index contributed by atoms with van der Waals surface area (Å²) in [7, 11) is 0. The molecule has 3 rings (SSSR count). The highest BCUT2D eigenvalue weighted by Gasteiger charge is 2.30. The van der Waals surface area contributed by atoms with Crippen molar-refractivity contribution in [3.05, 3.63) is 89.0 Å². The van der Waals surface area contributed by atoms with Gasteiger partial charge in [-0.05, 0) is 66.9 Å². The van der Waals surface area contributed by atoms with E-state index in [1.807, 2.05) is 32.0 Å². The van der Waals surface area contributed by atoms with Gasteiger partial charge in [-0.25, -0.2) is 4.79 Å². The number of nitrogens with one attached hydrogen (secondary N) is 2. The van der Waals surface area contributed by atoms with Crippen LogP contribution in [0.1, 0.15) is 34.0 Å². The van der Waals surface area contributed by atoms with E-state index in [-0.39, 0.29) is 17.0 Å². The number of halogens is 3. The van der Waals surface area contributed by atoms with Crippen molar-refractivity contribution in [1.82, 2.24) is 0 Å². The summed E-state index contributed by atoms with van der Waals surface area (Å²) in [6.45, 7) is 2.92. The molecule has 3 aromatic carbocycles. The van der Waals surface area contributed by atoms with E-state index in [9.17, 15) is 27.6 Å². The SMILES string of the molecule is CCc1cccc(C)c1NC(=O)COC(=O)c1ccc(OCC(=O)Nc2cccc(C(F)(F)F)c2)cc1. The number of alkyl halides is 3. The maximum absolute atomic E-state index is 12.8. The molecule has 3 aromatic rings. The molecule has 0 aromatic heterocycles. The molecule has 0 aliphatic carbocycles. The monoisotopic (exact) mass is 514 g/mol. The van der Waals surface area contributed by atoms with Gasteiger partial charge in [0.2, 0.25) is 0 Å². The van der Waals surface area contributed by atoms with E-state index in [1.54, 1.807) is 0 Å². The van der Waals surface area contributed by atoms with Gasteiger partial charge in [-0.15, -0.1) is 0 Å². The van der Waals surface area contributed by atoms with E-state index in [2.05, 4.69) is 10.6 Å². The molecule has 0 aliphatic heterocycles. The summed E-state index contributed by atoms with van der Waals surface area (Å²) in [5.41, 5.74) is 1.84. The Morgan fingerprint density at radius 2 is 1.54 bits per heavy atom. The molecule has 0 saturated heterocycles. The molecule has 2 amide bonds. The van der Waals surface area contributed by atoms with Crippen molar-refractivity contribution in [3.63, 3.8) is 0 Å². The largest absolute Gasteiger partial charge is 0.484 e. The zero-order chi connectivity index (χ0) is 27.0. The smallest absolute Gasteiger partial charge is 0.416 e. The van der Waals surface area contributed by atoms with Gasteiger partial charge in [-0.2, -0.15) is 13.2 Å². The highest BCUT2D eigenvalue weighted by Crippen LogP contribution is 2.30. The van der Waals surface area contributed by atoms with Gasteiger partial charge < -0.3 is 20.1 Å². The standard InChI is InChI=1S/C27H25F3N2O5/c1-3-18-7-4-6-17(2)25(18)32-24(34)16-37-26(35)19-10-12-22(13-11-19)36-15-23(33)31-21-9-5-8-20(14-21)27(28,29)30/h4-14H,3,15-16H2,1-2H3,(H,31,33)(H,32,34). The van der Waals surface area contributed by atoms with Gasteiger partial charge in [0.05, 0.1) is 11.1 Å². The Hall–Kier alpha value is -4.34. The number of anilines is 2.